The number of aliphatic imine (C=N–C) groups is 1. The van der Waals surface area contributed by atoms with E-state index in [9.17, 15) is 4.79 Å². The number of hydrogen-bond donors (Lipinski definition) is 0. The Labute approximate surface area is 257 Å². The first-order valence-corrected chi connectivity index (χ1v) is 14.9. The van der Waals surface area contributed by atoms with E-state index in [0.717, 1.165) is 25.8 Å². The largest absolute Gasteiger partial charge is 0.493 e. The number of rotatable bonds is 9. The SMILES string of the molecule is COc1cc(/C=C2/SC(=NCc3ccccc3)N(Cc3ccccc3)C2=O)cc(I)c1OCc1cccc(Cl)c1. The topological polar surface area (TPSA) is 51.1 Å². The van der Waals surface area contributed by atoms with E-state index in [1.165, 1.54) is 11.8 Å². The van der Waals surface area contributed by atoms with E-state index in [1.807, 2.05) is 103 Å². The van der Waals surface area contributed by atoms with Crippen molar-refractivity contribution in [3.8, 4) is 11.5 Å². The third-order valence-corrected chi connectivity index (χ3v) is 8.21. The number of amidine groups is 1. The maximum Gasteiger partial charge on any atom is 0.267 e. The van der Waals surface area contributed by atoms with Gasteiger partial charge in [0.05, 0.1) is 28.7 Å². The first kappa shape index (κ1) is 28.3. The lowest BCUT2D eigenvalue weighted by Gasteiger charge is -2.16. The van der Waals surface area contributed by atoms with Gasteiger partial charge in [0.2, 0.25) is 0 Å². The van der Waals surface area contributed by atoms with E-state index >= 15 is 0 Å². The summed E-state index contributed by atoms with van der Waals surface area (Å²) in [4.78, 5) is 20.8. The van der Waals surface area contributed by atoms with Gasteiger partial charge in [-0.2, -0.15) is 0 Å². The molecule has 1 fully saturated rings. The first-order valence-electron chi connectivity index (χ1n) is 12.6. The molecule has 0 aromatic heterocycles. The lowest BCUT2D eigenvalue weighted by Crippen LogP contribution is -2.28. The molecule has 0 aliphatic carbocycles. The van der Waals surface area contributed by atoms with E-state index in [4.69, 9.17) is 26.1 Å². The monoisotopic (exact) mass is 680 g/mol. The van der Waals surface area contributed by atoms with Crippen molar-refractivity contribution in [2.45, 2.75) is 19.7 Å². The average molecular weight is 681 g/mol. The Hall–Kier alpha value is -3.27. The Morgan fingerprint density at radius 1 is 0.925 bits per heavy atom. The minimum absolute atomic E-state index is 0.0732. The summed E-state index contributed by atoms with van der Waals surface area (Å²) >= 11 is 9.74. The van der Waals surface area contributed by atoms with Crippen LogP contribution in [0, 0.1) is 3.57 Å². The van der Waals surface area contributed by atoms with Gasteiger partial charge in [-0.3, -0.25) is 14.7 Å². The van der Waals surface area contributed by atoms with Gasteiger partial charge in [0.25, 0.3) is 5.91 Å². The normalized spacial score (nSPS) is 15.2. The summed E-state index contributed by atoms with van der Waals surface area (Å²) < 4.78 is 12.7. The quantitative estimate of drug-likeness (QED) is 0.132. The molecular formula is C32H26ClIN2O3S. The molecular weight excluding hydrogens is 655 g/mol. The van der Waals surface area contributed by atoms with Gasteiger partial charge in [0.15, 0.2) is 16.7 Å². The zero-order valence-electron chi connectivity index (χ0n) is 21.7. The zero-order chi connectivity index (χ0) is 27.9. The second kappa shape index (κ2) is 13.4. The number of amides is 1. The number of nitrogens with zero attached hydrogens (tertiary/aromatic N) is 2. The highest BCUT2D eigenvalue weighted by molar-refractivity contribution is 14.1. The molecule has 1 heterocycles. The summed E-state index contributed by atoms with van der Waals surface area (Å²) in [6, 6.07) is 31.4. The minimum Gasteiger partial charge on any atom is -0.493 e. The van der Waals surface area contributed by atoms with E-state index in [-0.39, 0.29) is 5.91 Å². The molecule has 4 aromatic carbocycles. The molecule has 5 rings (SSSR count). The van der Waals surface area contributed by atoms with Crippen LogP contribution < -0.4 is 9.47 Å². The van der Waals surface area contributed by atoms with Crippen LogP contribution in [0.3, 0.4) is 0 Å². The molecule has 1 saturated heterocycles. The lowest BCUT2D eigenvalue weighted by molar-refractivity contribution is -0.122. The Bertz CT molecular complexity index is 1560. The predicted molar refractivity (Wildman–Crippen MR) is 172 cm³/mol. The molecule has 0 spiro atoms. The highest BCUT2D eigenvalue weighted by atomic mass is 127. The molecule has 0 bridgehead atoms. The minimum atomic E-state index is -0.0732. The van der Waals surface area contributed by atoms with Gasteiger partial charge in [0, 0.05) is 5.02 Å². The van der Waals surface area contributed by atoms with Crippen LogP contribution in [0.2, 0.25) is 5.02 Å². The molecule has 5 nitrogen and oxygen atoms in total. The van der Waals surface area contributed by atoms with Crippen LogP contribution >= 0.6 is 46.0 Å². The molecule has 4 aromatic rings. The highest BCUT2D eigenvalue weighted by Gasteiger charge is 2.33. The summed E-state index contributed by atoms with van der Waals surface area (Å²) in [7, 11) is 1.61. The molecule has 40 heavy (non-hydrogen) atoms. The van der Waals surface area contributed by atoms with Crippen LogP contribution in [0.15, 0.2) is 107 Å². The van der Waals surface area contributed by atoms with Crippen LogP contribution in [-0.4, -0.2) is 23.1 Å². The van der Waals surface area contributed by atoms with Gasteiger partial charge >= 0.3 is 0 Å². The van der Waals surface area contributed by atoms with Crippen molar-refractivity contribution in [2.24, 2.45) is 4.99 Å². The molecule has 202 valence electrons. The summed E-state index contributed by atoms with van der Waals surface area (Å²) in [5.74, 6) is 1.16. The Kier molecular flexibility index (Phi) is 9.46. The highest BCUT2D eigenvalue weighted by Crippen LogP contribution is 2.38. The van der Waals surface area contributed by atoms with Gasteiger partial charge in [-0.25, -0.2) is 0 Å². The van der Waals surface area contributed by atoms with Crippen molar-refractivity contribution in [3.05, 3.63) is 133 Å². The Morgan fingerprint density at radius 2 is 1.62 bits per heavy atom. The van der Waals surface area contributed by atoms with E-state index in [1.54, 1.807) is 12.0 Å². The van der Waals surface area contributed by atoms with Gasteiger partial charge in [-0.05, 0) is 86.9 Å². The summed E-state index contributed by atoms with van der Waals surface area (Å²) in [6.45, 7) is 1.31. The molecule has 1 amide bonds. The van der Waals surface area contributed by atoms with Crippen molar-refractivity contribution >= 4 is 63.1 Å². The second-order valence-corrected chi connectivity index (χ2v) is 11.6. The molecule has 1 aliphatic rings. The molecule has 0 atom stereocenters. The number of halogens is 2. The number of methoxy groups -OCH3 is 1. The van der Waals surface area contributed by atoms with Crippen LogP contribution in [0.5, 0.6) is 11.5 Å². The number of benzene rings is 4. The van der Waals surface area contributed by atoms with E-state index < -0.39 is 0 Å². The van der Waals surface area contributed by atoms with E-state index in [2.05, 4.69) is 22.6 Å². The van der Waals surface area contributed by atoms with Crippen molar-refractivity contribution in [3.63, 3.8) is 0 Å². The third kappa shape index (κ3) is 7.08. The summed E-state index contributed by atoms with van der Waals surface area (Å²) in [6.07, 6.45) is 1.89. The molecule has 8 heteroatoms. The van der Waals surface area contributed by atoms with Gasteiger partial charge in [0.1, 0.15) is 6.61 Å². The van der Waals surface area contributed by atoms with Crippen LogP contribution in [0.4, 0.5) is 0 Å². The summed E-state index contributed by atoms with van der Waals surface area (Å²) in [5.41, 5.74) is 3.94. The lowest BCUT2D eigenvalue weighted by atomic mass is 10.1. The Balaban J connectivity index is 1.41. The molecule has 0 radical (unpaired) electrons. The maximum atomic E-state index is 13.6. The maximum absolute atomic E-state index is 13.6. The second-order valence-electron chi connectivity index (χ2n) is 9.02. The van der Waals surface area contributed by atoms with Crippen LogP contribution in [-0.2, 0) is 24.5 Å². The van der Waals surface area contributed by atoms with Crippen molar-refractivity contribution in [1.82, 2.24) is 4.90 Å². The van der Waals surface area contributed by atoms with Crippen LogP contribution in [0.1, 0.15) is 22.3 Å². The summed E-state index contributed by atoms with van der Waals surface area (Å²) in [5, 5.41) is 1.35. The smallest absolute Gasteiger partial charge is 0.267 e. The van der Waals surface area contributed by atoms with Gasteiger partial charge < -0.3 is 9.47 Å². The Morgan fingerprint density at radius 3 is 2.33 bits per heavy atom. The third-order valence-electron chi connectivity index (χ3n) is 6.13. The van der Waals surface area contributed by atoms with Crippen molar-refractivity contribution in [2.75, 3.05) is 7.11 Å². The number of carbonyl (C=O) groups is 1. The van der Waals surface area contributed by atoms with Crippen molar-refractivity contribution in [1.29, 1.82) is 0 Å². The molecule has 0 N–H and O–H groups in total. The fourth-order valence-corrected chi connectivity index (χ4v) is 6.14. The fourth-order valence-electron chi connectivity index (χ4n) is 4.17. The average Bonchev–Trinajstić information content (AvgIpc) is 3.25. The van der Waals surface area contributed by atoms with Crippen molar-refractivity contribution < 1.29 is 14.3 Å². The fraction of sp³-hybridized carbons (Fsp3) is 0.125. The number of carbonyl (C=O) groups excluding carboxylic acids is 1. The number of ether oxygens (including phenoxy) is 2. The number of hydrogen-bond acceptors (Lipinski definition) is 5. The molecule has 0 unspecified atom stereocenters. The molecule has 0 saturated carbocycles. The van der Waals surface area contributed by atoms with Gasteiger partial charge in [-0.1, -0.05) is 84.4 Å². The van der Waals surface area contributed by atoms with Crippen LogP contribution in [0.25, 0.3) is 6.08 Å². The predicted octanol–water partition coefficient (Wildman–Crippen LogP) is 8.20. The van der Waals surface area contributed by atoms with E-state index in [0.29, 0.717) is 46.3 Å². The zero-order valence-corrected chi connectivity index (χ0v) is 25.4. The van der Waals surface area contributed by atoms with Gasteiger partial charge in [-0.15, -0.1) is 0 Å². The first-order chi connectivity index (χ1) is 19.5. The molecule has 1 aliphatic heterocycles. The standard InChI is InChI=1S/C32H26ClIN2O3S/c1-38-28-17-25(16-27(34)30(28)39-21-24-13-8-14-26(33)15-24)18-29-31(37)36(20-23-11-6-3-7-12-23)32(40-29)35-19-22-9-4-2-5-10-22/h2-18H,19-21H2,1H3/b29-18+,35-32?. The number of thioether (sulfide) groups is 1.